The Hall–Kier alpha value is -8.20. The molecule has 0 spiro atoms. The number of fused-ring (bicyclic) bond motifs is 6. The quantitative estimate of drug-likeness (QED) is 0.156. The Morgan fingerprint density at radius 1 is 0.274 bits per heavy atom. The summed E-state index contributed by atoms with van der Waals surface area (Å²) in [6.07, 6.45) is 0. The van der Waals surface area contributed by atoms with Crippen molar-refractivity contribution in [3.63, 3.8) is 0 Å². The molecule has 0 amide bonds. The third-order valence-electron chi connectivity index (χ3n) is 12.6. The summed E-state index contributed by atoms with van der Waals surface area (Å²) in [6, 6.07) is 88.5. The summed E-state index contributed by atoms with van der Waals surface area (Å²) in [6.45, 7) is 0. The first-order chi connectivity index (χ1) is 30.8. The van der Waals surface area contributed by atoms with Crippen LogP contribution in [0.15, 0.2) is 243 Å². The first-order valence-electron chi connectivity index (χ1n) is 21.4. The van der Waals surface area contributed by atoms with Crippen LogP contribution >= 0.6 is 0 Å². The molecule has 2 heteroatoms. The second-order valence-electron chi connectivity index (χ2n) is 16.0. The molecule has 2 nitrogen and oxygen atoms in total. The van der Waals surface area contributed by atoms with E-state index in [2.05, 4.69) is 252 Å². The molecule has 0 aliphatic heterocycles. The standard InChI is InChI=1S/C60H40N2/c1-3-17-42(18-4-1)48-29-14-21-44-22-15-30-49(59(44)48)43-35-37-46(38-36-43)62(58-34-16-33-57-60(58)54-28-11-12-32-55(54)61(57)45-23-5-2-6-24-45)56-40-39-52(51-26-9-10-27-53(51)56)50-31-13-20-41-19-7-8-25-47(41)50/h1-40H. The fraction of sp³-hybridized carbons (Fsp3) is 0. The van der Waals surface area contributed by atoms with Crippen LogP contribution in [0.5, 0.6) is 0 Å². The van der Waals surface area contributed by atoms with Crippen LogP contribution in [-0.2, 0) is 0 Å². The Kier molecular flexibility index (Phi) is 8.53. The summed E-state index contributed by atoms with van der Waals surface area (Å²) in [5, 5.41) is 9.81. The molecular weight excluding hydrogens is 749 g/mol. The molecule has 0 radical (unpaired) electrons. The maximum absolute atomic E-state index is 2.49. The Labute approximate surface area is 360 Å². The smallest absolute Gasteiger partial charge is 0.0562 e. The van der Waals surface area contributed by atoms with Gasteiger partial charge in [-0.25, -0.2) is 0 Å². The topological polar surface area (TPSA) is 8.17 Å². The highest BCUT2D eigenvalue weighted by molar-refractivity contribution is 6.18. The average Bonchev–Trinajstić information content (AvgIpc) is 3.69. The van der Waals surface area contributed by atoms with Crippen molar-refractivity contribution < 1.29 is 0 Å². The van der Waals surface area contributed by atoms with E-state index in [0.29, 0.717) is 0 Å². The zero-order valence-electron chi connectivity index (χ0n) is 34.0. The molecule has 11 aromatic carbocycles. The van der Waals surface area contributed by atoms with Crippen molar-refractivity contribution in [3.8, 4) is 39.1 Å². The Balaban J connectivity index is 1.11. The first kappa shape index (κ1) is 35.7. The lowest BCUT2D eigenvalue weighted by molar-refractivity contribution is 1.18. The van der Waals surface area contributed by atoms with Crippen molar-refractivity contribution in [2.24, 2.45) is 0 Å². The van der Waals surface area contributed by atoms with Gasteiger partial charge in [-0.3, -0.25) is 0 Å². The van der Waals surface area contributed by atoms with Crippen LogP contribution in [0.3, 0.4) is 0 Å². The molecule has 0 aliphatic carbocycles. The van der Waals surface area contributed by atoms with Crippen LogP contribution in [0.25, 0.3) is 93.2 Å². The fourth-order valence-electron chi connectivity index (χ4n) is 9.85. The maximum Gasteiger partial charge on any atom is 0.0562 e. The van der Waals surface area contributed by atoms with E-state index in [0.717, 1.165) is 28.3 Å². The number of benzene rings is 11. The summed E-state index contributed by atoms with van der Waals surface area (Å²) in [5.41, 5.74) is 14.1. The highest BCUT2D eigenvalue weighted by Crippen LogP contribution is 2.48. The van der Waals surface area contributed by atoms with E-state index in [1.165, 1.54) is 82.0 Å². The second-order valence-corrected chi connectivity index (χ2v) is 16.0. The van der Waals surface area contributed by atoms with Gasteiger partial charge in [0.2, 0.25) is 0 Å². The van der Waals surface area contributed by atoms with E-state index in [4.69, 9.17) is 0 Å². The summed E-state index contributed by atoms with van der Waals surface area (Å²) in [7, 11) is 0. The van der Waals surface area contributed by atoms with Gasteiger partial charge in [-0.05, 0) is 109 Å². The van der Waals surface area contributed by atoms with Gasteiger partial charge >= 0.3 is 0 Å². The van der Waals surface area contributed by atoms with Gasteiger partial charge in [0, 0.05) is 27.5 Å². The average molecular weight is 789 g/mol. The van der Waals surface area contributed by atoms with Crippen LogP contribution in [-0.4, -0.2) is 4.57 Å². The third-order valence-corrected chi connectivity index (χ3v) is 12.6. The van der Waals surface area contributed by atoms with Gasteiger partial charge in [-0.15, -0.1) is 0 Å². The van der Waals surface area contributed by atoms with Crippen molar-refractivity contribution in [3.05, 3.63) is 243 Å². The molecule has 1 heterocycles. The molecule has 0 saturated heterocycles. The van der Waals surface area contributed by atoms with Crippen LogP contribution in [0.4, 0.5) is 17.1 Å². The van der Waals surface area contributed by atoms with Gasteiger partial charge < -0.3 is 9.47 Å². The molecule has 290 valence electrons. The van der Waals surface area contributed by atoms with Crippen molar-refractivity contribution in [1.29, 1.82) is 0 Å². The van der Waals surface area contributed by atoms with E-state index in [9.17, 15) is 0 Å². The van der Waals surface area contributed by atoms with E-state index in [1.54, 1.807) is 0 Å². The predicted octanol–water partition coefficient (Wildman–Crippen LogP) is 16.7. The summed E-state index contributed by atoms with van der Waals surface area (Å²) >= 11 is 0. The number of hydrogen-bond acceptors (Lipinski definition) is 1. The van der Waals surface area contributed by atoms with Crippen molar-refractivity contribution in [1.82, 2.24) is 4.57 Å². The molecule has 12 aromatic rings. The molecule has 1 aromatic heterocycles. The number of anilines is 3. The van der Waals surface area contributed by atoms with Gasteiger partial charge in [-0.1, -0.05) is 194 Å². The lowest BCUT2D eigenvalue weighted by atomic mass is 9.91. The van der Waals surface area contributed by atoms with E-state index in [-0.39, 0.29) is 0 Å². The number of rotatable bonds is 7. The molecule has 0 bridgehead atoms. The Morgan fingerprint density at radius 2 is 0.806 bits per heavy atom. The maximum atomic E-state index is 2.49. The monoisotopic (exact) mass is 788 g/mol. The van der Waals surface area contributed by atoms with Gasteiger partial charge in [0.1, 0.15) is 0 Å². The van der Waals surface area contributed by atoms with Gasteiger partial charge in [0.15, 0.2) is 0 Å². The van der Waals surface area contributed by atoms with Crippen molar-refractivity contribution in [2.45, 2.75) is 0 Å². The Morgan fingerprint density at radius 3 is 1.56 bits per heavy atom. The summed E-state index contributed by atoms with van der Waals surface area (Å²) < 4.78 is 2.40. The van der Waals surface area contributed by atoms with Crippen LogP contribution in [0, 0.1) is 0 Å². The molecule has 12 rings (SSSR count). The van der Waals surface area contributed by atoms with Crippen LogP contribution in [0.1, 0.15) is 0 Å². The molecule has 0 fully saturated rings. The van der Waals surface area contributed by atoms with E-state index < -0.39 is 0 Å². The predicted molar refractivity (Wildman–Crippen MR) is 264 cm³/mol. The molecule has 0 saturated carbocycles. The SMILES string of the molecule is c1ccc(-c2cccc3cccc(-c4ccc(N(c5ccc(-c6cccc7ccccc67)c6ccccc56)c5cccc6c5c5ccccc5n6-c5ccccc5)cc4)c23)cc1. The number of aromatic nitrogens is 1. The zero-order chi connectivity index (χ0) is 41.0. The molecular formula is C60H40N2. The normalized spacial score (nSPS) is 11.5. The minimum absolute atomic E-state index is 1.09. The number of hydrogen-bond donors (Lipinski definition) is 0. The molecule has 0 aliphatic rings. The molecule has 0 N–H and O–H groups in total. The van der Waals surface area contributed by atoms with Gasteiger partial charge in [-0.2, -0.15) is 0 Å². The van der Waals surface area contributed by atoms with Crippen LogP contribution < -0.4 is 4.90 Å². The summed E-state index contributed by atoms with van der Waals surface area (Å²) in [4.78, 5) is 2.49. The fourth-order valence-corrected chi connectivity index (χ4v) is 9.85. The molecule has 62 heavy (non-hydrogen) atoms. The minimum Gasteiger partial charge on any atom is -0.309 e. The minimum atomic E-state index is 1.09. The van der Waals surface area contributed by atoms with E-state index in [1.807, 2.05) is 0 Å². The largest absolute Gasteiger partial charge is 0.309 e. The lowest BCUT2D eigenvalue weighted by Crippen LogP contribution is -2.11. The van der Waals surface area contributed by atoms with Gasteiger partial charge in [0.25, 0.3) is 0 Å². The molecule has 0 atom stereocenters. The lowest BCUT2D eigenvalue weighted by Gasteiger charge is -2.29. The third kappa shape index (κ3) is 5.80. The van der Waals surface area contributed by atoms with Crippen molar-refractivity contribution >= 4 is 71.2 Å². The highest BCUT2D eigenvalue weighted by atomic mass is 15.1. The number of nitrogens with zero attached hydrogens (tertiary/aromatic N) is 2. The van der Waals surface area contributed by atoms with Crippen molar-refractivity contribution in [2.75, 3.05) is 4.90 Å². The van der Waals surface area contributed by atoms with Gasteiger partial charge in [0.05, 0.1) is 22.4 Å². The first-order valence-corrected chi connectivity index (χ1v) is 21.4. The number of para-hydroxylation sites is 2. The second kappa shape index (κ2) is 14.8. The summed E-state index contributed by atoms with van der Waals surface area (Å²) in [5.74, 6) is 0. The molecule has 0 unspecified atom stereocenters. The highest BCUT2D eigenvalue weighted by Gasteiger charge is 2.23. The van der Waals surface area contributed by atoms with Crippen LogP contribution in [0.2, 0.25) is 0 Å². The van der Waals surface area contributed by atoms with E-state index >= 15 is 0 Å². The zero-order valence-corrected chi connectivity index (χ0v) is 34.0. The Bertz CT molecular complexity index is 3610.